The zero-order valence-corrected chi connectivity index (χ0v) is 63.6. The molecular formula is C100H77BClN8O2. The lowest BCUT2D eigenvalue weighted by Gasteiger charge is -2.21. The van der Waals surface area contributed by atoms with Crippen LogP contribution in [0.25, 0.3) is 167 Å². The number of halogens is 1. The zero-order valence-electron chi connectivity index (χ0n) is 62.9. The highest BCUT2D eigenvalue weighted by molar-refractivity contribution is 6.30. The van der Waals surface area contributed by atoms with Crippen molar-refractivity contribution in [1.29, 1.82) is 0 Å². The quantitative estimate of drug-likeness (QED) is 0.0676. The Morgan fingerprint density at radius 2 is 0.598 bits per heavy atom. The molecule has 0 aliphatic carbocycles. The summed E-state index contributed by atoms with van der Waals surface area (Å²) >= 11 is 6.17. The Bertz CT molecular complexity index is 6280. The SMILES string of the molecule is CC(C)(C)c1cc(-c2ccccc2)c2ccc3ccc(-c4cccc(-c5ccc(-c6cc(-c7ccccc7)nc(-c7ccccc7)n6)cc5)c4)nc3c2n1.CC(C)(C)c1cc(-c2ccccc2)c2ccc3ccc(Cl)nc3c2n1.O[B]Oc1cccc(-c2ccc(-c3cc(-c4ccccc4)nc(-c4ccccc4)n3)cc2)c1. The van der Waals surface area contributed by atoms with Crippen molar-refractivity contribution in [2.75, 3.05) is 0 Å². The third-order valence-electron chi connectivity index (χ3n) is 19.8. The number of benzene rings is 12. The second-order valence-corrected chi connectivity index (χ2v) is 30.0. The lowest BCUT2D eigenvalue weighted by molar-refractivity contribution is 0.454. The summed E-state index contributed by atoms with van der Waals surface area (Å²) in [4.78, 5) is 39.8. The highest BCUT2D eigenvalue weighted by Gasteiger charge is 2.23. The summed E-state index contributed by atoms with van der Waals surface area (Å²) in [6, 6.07) is 120. The molecule has 6 heterocycles. The molecule has 0 aliphatic rings. The van der Waals surface area contributed by atoms with E-state index in [1.807, 2.05) is 127 Å². The van der Waals surface area contributed by atoms with Gasteiger partial charge in [-0.3, -0.25) is 0 Å². The molecule has 0 amide bonds. The number of nitrogens with zero attached hydrogens (tertiary/aromatic N) is 8. The van der Waals surface area contributed by atoms with Crippen LogP contribution in [0.15, 0.2) is 352 Å². The van der Waals surface area contributed by atoms with E-state index in [1.165, 1.54) is 22.3 Å². The number of aromatic nitrogens is 8. The normalized spacial score (nSPS) is 11.4. The van der Waals surface area contributed by atoms with Gasteiger partial charge in [0.1, 0.15) is 10.9 Å². The van der Waals surface area contributed by atoms with Crippen LogP contribution in [0.2, 0.25) is 5.15 Å². The van der Waals surface area contributed by atoms with E-state index < -0.39 is 0 Å². The summed E-state index contributed by atoms with van der Waals surface area (Å²) in [5.41, 5.74) is 26.2. The van der Waals surface area contributed by atoms with E-state index in [4.69, 9.17) is 56.2 Å². The van der Waals surface area contributed by atoms with Crippen molar-refractivity contribution < 1.29 is 9.68 Å². The summed E-state index contributed by atoms with van der Waals surface area (Å²) in [6.45, 7) is 13.2. The van der Waals surface area contributed by atoms with Gasteiger partial charge in [0.05, 0.1) is 50.5 Å². The largest absolute Gasteiger partial charge is 0.569 e. The summed E-state index contributed by atoms with van der Waals surface area (Å²) in [6.07, 6.45) is 0. The Labute approximate surface area is 658 Å². The molecule has 0 saturated carbocycles. The highest BCUT2D eigenvalue weighted by atomic mass is 35.5. The van der Waals surface area contributed by atoms with E-state index in [1.54, 1.807) is 6.07 Å². The Kier molecular flexibility index (Phi) is 20.8. The fourth-order valence-electron chi connectivity index (χ4n) is 13.8. The van der Waals surface area contributed by atoms with Crippen LogP contribution in [0.4, 0.5) is 0 Å². The van der Waals surface area contributed by atoms with Crippen molar-refractivity contribution in [2.24, 2.45) is 0 Å². The first-order chi connectivity index (χ1) is 54.6. The molecule has 0 atom stereocenters. The molecule has 0 bridgehead atoms. The fraction of sp³-hybridized carbons (Fsp3) is 0.0800. The molecule has 112 heavy (non-hydrogen) atoms. The van der Waals surface area contributed by atoms with Gasteiger partial charge in [-0.25, -0.2) is 39.9 Å². The van der Waals surface area contributed by atoms with E-state index in [2.05, 4.69) is 265 Å². The van der Waals surface area contributed by atoms with Gasteiger partial charge in [0, 0.05) is 82.7 Å². The first-order valence-electron chi connectivity index (χ1n) is 37.4. The maximum absolute atomic E-state index is 8.89. The van der Waals surface area contributed by atoms with E-state index in [0.717, 1.165) is 145 Å². The van der Waals surface area contributed by atoms with Crippen LogP contribution in [0.1, 0.15) is 52.9 Å². The minimum atomic E-state index is -0.122. The van der Waals surface area contributed by atoms with E-state index in [9.17, 15) is 0 Å². The highest BCUT2D eigenvalue weighted by Crippen LogP contribution is 2.40. The zero-order chi connectivity index (χ0) is 76.7. The third-order valence-corrected chi connectivity index (χ3v) is 20.0. The molecule has 1 radical (unpaired) electrons. The number of hydrogen-bond donors (Lipinski definition) is 1. The van der Waals surface area contributed by atoms with Crippen molar-refractivity contribution in [2.45, 2.75) is 52.4 Å². The lowest BCUT2D eigenvalue weighted by Crippen LogP contribution is -2.14. The van der Waals surface area contributed by atoms with Crippen molar-refractivity contribution in [3.05, 3.63) is 368 Å². The molecule has 1 N–H and O–H groups in total. The van der Waals surface area contributed by atoms with Crippen LogP contribution in [-0.2, 0) is 10.8 Å². The molecule has 539 valence electrons. The maximum Gasteiger partial charge on any atom is 0.569 e. The number of fused-ring (bicyclic) bond motifs is 6. The van der Waals surface area contributed by atoms with E-state index in [-0.39, 0.29) is 10.8 Å². The lowest BCUT2D eigenvalue weighted by atomic mass is 9.88. The molecule has 6 aromatic heterocycles. The van der Waals surface area contributed by atoms with Crippen LogP contribution in [0, 0.1) is 0 Å². The molecule has 12 heteroatoms. The number of pyridine rings is 4. The van der Waals surface area contributed by atoms with Crippen molar-refractivity contribution in [3.8, 4) is 129 Å². The molecule has 18 rings (SSSR count). The molecule has 0 saturated heterocycles. The Balaban J connectivity index is 0.000000139. The Hall–Kier alpha value is -13.4. The van der Waals surface area contributed by atoms with E-state index >= 15 is 0 Å². The molecular weight excluding hydrogens is 1390 g/mol. The molecule has 12 aromatic carbocycles. The van der Waals surface area contributed by atoms with Gasteiger partial charge in [-0.05, 0) is 105 Å². The van der Waals surface area contributed by atoms with Gasteiger partial charge >= 0.3 is 7.69 Å². The molecule has 10 nitrogen and oxygen atoms in total. The summed E-state index contributed by atoms with van der Waals surface area (Å²) in [7, 11) is 0.686. The average Bonchev–Trinajstić information content (AvgIpc) is 0.761. The van der Waals surface area contributed by atoms with Crippen LogP contribution in [0.3, 0.4) is 0 Å². The van der Waals surface area contributed by atoms with Gasteiger partial charge in [-0.2, -0.15) is 0 Å². The minimum absolute atomic E-state index is 0.0571. The summed E-state index contributed by atoms with van der Waals surface area (Å²) < 4.78 is 5.09. The predicted molar refractivity (Wildman–Crippen MR) is 463 cm³/mol. The average molecular weight is 1470 g/mol. The van der Waals surface area contributed by atoms with Crippen molar-refractivity contribution in [1.82, 2.24) is 39.9 Å². The monoisotopic (exact) mass is 1470 g/mol. The Morgan fingerprint density at radius 1 is 0.259 bits per heavy atom. The standard InChI is InChI=1S/C50H38N4.C28H20BN2O2.C22H19ClN2/c1-50(2,3)46-31-42(34-14-7-4-8-15-34)41-28-26-37-27-29-43(51-47(37)48(41)54-46)40-21-13-20-39(30-40)33-22-24-36(25-23-33)45-32-44(35-16-9-5-10-17-35)52-49(53-45)38-18-11-6-12-19-38;32-29-33-25-13-7-12-24(18-25)20-14-16-22(17-15-20)27-19-26(21-8-3-1-4-9-21)30-28(31-27)23-10-5-2-6-11-23;1-22(2,3)18-13-17(14-7-5-4-6-8-14)16-11-9-15-10-12-19(23)25-20(15)21(16)24-18/h4-32H,1-3H3;1-19,32H;4-13H,1-3H3. The van der Waals surface area contributed by atoms with E-state index in [0.29, 0.717) is 30.2 Å². The first kappa shape index (κ1) is 72.7. The van der Waals surface area contributed by atoms with Crippen LogP contribution >= 0.6 is 11.6 Å². The number of rotatable bonds is 13. The van der Waals surface area contributed by atoms with Gasteiger partial charge in [-0.15, -0.1) is 0 Å². The van der Waals surface area contributed by atoms with Gasteiger partial charge in [0.15, 0.2) is 11.6 Å². The van der Waals surface area contributed by atoms with Gasteiger partial charge in [0.2, 0.25) is 0 Å². The minimum Gasteiger partial charge on any atom is -0.537 e. The summed E-state index contributed by atoms with van der Waals surface area (Å²) in [5.74, 6) is 1.98. The number of hydrogen-bond acceptors (Lipinski definition) is 10. The second kappa shape index (κ2) is 32.0. The van der Waals surface area contributed by atoms with Crippen molar-refractivity contribution in [3.63, 3.8) is 0 Å². The molecule has 0 fully saturated rings. The summed E-state index contributed by atoms with van der Waals surface area (Å²) in [5, 5.41) is 13.7. The van der Waals surface area contributed by atoms with Gasteiger partial charge in [0.25, 0.3) is 0 Å². The molecule has 18 aromatic rings. The second-order valence-electron chi connectivity index (χ2n) is 29.6. The van der Waals surface area contributed by atoms with Gasteiger partial charge in [-0.1, -0.05) is 344 Å². The topological polar surface area (TPSA) is 133 Å². The van der Waals surface area contributed by atoms with Crippen LogP contribution < -0.4 is 4.65 Å². The fourth-order valence-corrected chi connectivity index (χ4v) is 14.0. The van der Waals surface area contributed by atoms with Crippen LogP contribution in [0.5, 0.6) is 5.75 Å². The van der Waals surface area contributed by atoms with Crippen molar-refractivity contribution >= 4 is 62.9 Å². The molecule has 0 spiro atoms. The smallest absolute Gasteiger partial charge is 0.537 e. The first-order valence-corrected chi connectivity index (χ1v) is 37.8. The molecule has 0 aliphatic heterocycles. The predicted octanol–water partition coefficient (Wildman–Crippen LogP) is 25.3. The maximum atomic E-state index is 8.89. The van der Waals surface area contributed by atoms with Crippen LogP contribution in [-0.4, -0.2) is 52.6 Å². The Morgan fingerprint density at radius 3 is 1.02 bits per heavy atom. The van der Waals surface area contributed by atoms with Gasteiger partial charge < -0.3 is 9.68 Å². The third kappa shape index (κ3) is 16.2. The molecule has 0 unspecified atom stereocenters.